The van der Waals surface area contributed by atoms with Gasteiger partial charge in [0.05, 0.1) is 13.2 Å². The van der Waals surface area contributed by atoms with Gasteiger partial charge in [0.15, 0.2) is 0 Å². The van der Waals surface area contributed by atoms with E-state index in [9.17, 15) is 0 Å². The Kier molecular flexibility index (Phi) is 4.75. The average Bonchev–Trinajstić information content (AvgIpc) is 2.62. The normalized spacial score (nSPS) is 16.3. The standard InChI is InChI=1S/C22H25NO/c1-15(2)17-9-11-18(12-10-17)19-13-8-16(3)21(22(19)24-4)20-7-5-6-14-23-20/h5-15,20,23H,1-4H3. The Morgan fingerprint density at radius 1 is 1.00 bits per heavy atom. The van der Waals surface area contributed by atoms with E-state index in [0.29, 0.717) is 5.92 Å². The van der Waals surface area contributed by atoms with Crippen LogP contribution in [0.4, 0.5) is 0 Å². The third-order valence-corrected chi connectivity index (χ3v) is 4.60. The van der Waals surface area contributed by atoms with E-state index in [-0.39, 0.29) is 6.04 Å². The fraction of sp³-hybridized carbons (Fsp3) is 0.273. The predicted molar refractivity (Wildman–Crippen MR) is 101 cm³/mol. The second-order valence-corrected chi connectivity index (χ2v) is 6.54. The van der Waals surface area contributed by atoms with Crippen LogP contribution in [0.5, 0.6) is 5.75 Å². The second-order valence-electron chi connectivity index (χ2n) is 6.54. The molecule has 124 valence electrons. The van der Waals surface area contributed by atoms with Crippen LogP contribution in [-0.4, -0.2) is 7.11 Å². The van der Waals surface area contributed by atoms with Crippen molar-refractivity contribution in [3.05, 3.63) is 77.5 Å². The molecule has 0 aliphatic carbocycles. The first-order chi connectivity index (χ1) is 11.6. The van der Waals surface area contributed by atoms with Gasteiger partial charge >= 0.3 is 0 Å². The molecule has 2 aromatic rings. The molecular weight excluding hydrogens is 294 g/mol. The molecule has 1 N–H and O–H groups in total. The summed E-state index contributed by atoms with van der Waals surface area (Å²) in [5.41, 5.74) is 6.11. The molecule has 0 radical (unpaired) electrons. The van der Waals surface area contributed by atoms with Gasteiger partial charge < -0.3 is 10.1 Å². The Hall–Kier alpha value is -2.48. The van der Waals surface area contributed by atoms with Crippen molar-refractivity contribution in [1.82, 2.24) is 5.32 Å². The van der Waals surface area contributed by atoms with Gasteiger partial charge in [0.1, 0.15) is 5.75 Å². The molecule has 0 aromatic heterocycles. The minimum atomic E-state index is 0.139. The molecule has 0 bridgehead atoms. The molecule has 1 unspecified atom stereocenters. The predicted octanol–water partition coefficient (Wildman–Crippen LogP) is 5.51. The van der Waals surface area contributed by atoms with Crippen LogP contribution in [0.2, 0.25) is 0 Å². The largest absolute Gasteiger partial charge is 0.496 e. The van der Waals surface area contributed by atoms with Gasteiger partial charge in [0, 0.05) is 11.1 Å². The molecule has 0 amide bonds. The summed E-state index contributed by atoms with van der Waals surface area (Å²) >= 11 is 0. The van der Waals surface area contributed by atoms with Gasteiger partial charge in [0.2, 0.25) is 0 Å². The summed E-state index contributed by atoms with van der Waals surface area (Å²) in [6.07, 6.45) is 8.22. The van der Waals surface area contributed by atoms with E-state index in [1.165, 1.54) is 22.3 Å². The van der Waals surface area contributed by atoms with Gasteiger partial charge in [-0.3, -0.25) is 0 Å². The molecule has 2 aromatic carbocycles. The van der Waals surface area contributed by atoms with E-state index >= 15 is 0 Å². The lowest BCUT2D eigenvalue weighted by Crippen LogP contribution is -2.17. The molecule has 1 atom stereocenters. The van der Waals surface area contributed by atoms with Crippen LogP contribution < -0.4 is 10.1 Å². The van der Waals surface area contributed by atoms with Gasteiger partial charge in [-0.2, -0.15) is 0 Å². The second kappa shape index (κ2) is 6.96. The van der Waals surface area contributed by atoms with Crippen LogP contribution in [0.1, 0.15) is 42.5 Å². The smallest absolute Gasteiger partial charge is 0.132 e. The number of methoxy groups -OCH3 is 1. The van der Waals surface area contributed by atoms with Gasteiger partial charge in [-0.25, -0.2) is 0 Å². The Labute approximate surface area is 144 Å². The number of hydrogen-bond acceptors (Lipinski definition) is 2. The summed E-state index contributed by atoms with van der Waals surface area (Å²) in [5, 5.41) is 3.41. The lowest BCUT2D eigenvalue weighted by molar-refractivity contribution is 0.407. The van der Waals surface area contributed by atoms with Gasteiger partial charge in [0.25, 0.3) is 0 Å². The van der Waals surface area contributed by atoms with Crippen LogP contribution in [0.25, 0.3) is 11.1 Å². The average molecular weight is 319 g/mol. The Morgan fingerprint density at radius 2 is 1.75 bits per heavy atom. The Morgan fingerprint density at radius 3 is 2.33 bits per heavy atom. The highest BCUT2D eigenvalue weighted by Gasteiger charge is 2.20. The summed E-state index contributed by atoms with van der Waals surface area (Å²) in [4.78, 5) is 0. The quantitative estimate of drug-likeness (QED) is 0.802. The van der Waals surface area contributed by atoms with E-state index in [0.717, 1.165) is 11.3 Å². The van der Waals surface area contributed by atoms with E-state index in [2.05, 4.69) is 74.6 Å². The van der Waals surface area contributed by atoms with Crippen LogP contribution in [0.3, 0.4) is 0 Å². The number of aryl methyl sites for hydroxylation is 1. The molecule has 0 spiro atoms. The van der Waals surface area contributed by atoms with Crippen LogP contribution >= 0.6 is 0 Å². The molecule has 0 saturated heterocycles. The van der Waals surface area contributed by atoms with Gasteiger partial charge in [-0.15, -0.1) is 0 Å². The Bertz CT molecular complexity index is 769. The summed E-state index contributed by atoms with van der Waals surface area (Å²) in [5.74, 6) is 1.49. The maximum absolute atomic E-state index is 5.84. The van der Waals surface area contributed by atoms with Crippen molar-refractivity contribution in [2.24, 2.45) is 0 Å². The fourth-order valence-corrected chi connectivity index (χ4v) is 3.20. The summed E-state index contributed by atoms with van der Waals surface area (Å²) in [6, 6.07) is 13.3. The van der Waals surface area contributed by atoms with Crippen LogP contribution in [0, 0.1) is 6.92 Å². The minimum Gasteiger partial charge on any atom is -0.496 e. The zero-order chi connectivity index (χ0) is 17.1. The number of allylic oxidation sites excluding steroid dienone is 2. The van der Waals surface area contributed by atoms with Gasteiger partial charge in [-0.05, 0) is 41.8 Å². The van der Waals surface area contributed by atoms with Crippen LogP contribution in [0.15, 0.2) is 60.8 Å². The lowest BCUT2D eigenvalue weighted by Gasteiger charge is -2.23. The number of ether oxygens (including phenoxy) is 1. The zero-order valence-corrected chi connectivity index (χ0v) is 14.8. The SMILES string of the molecule is COc1c(-c2ccc(C(C)C)cc2)ccc(C)c1C1C=CC=CN1. The maximum atomic E-state index is 5.84. The van der Waals surface area contributed by atoms with Crippen molar-refractivity contribution in [3.63, 3.8) is 0 Å². The highest BCUT2D eigenvalue weighted by Crippen LogP contribution is 2.39. The number of rotatable bonds is 4. The first-order valence-corrected chi connectivity index (χ1v) is 8.49. The number of dihydropyridines is 1. The molecule has 2 heteroatoms. The highest BCUT2D eigenvalue weighted by molar-refractivity contribution is 5.74. The van der Waals surface area contributed by atoms with E-state index < -0.39 is 0 Å². The highest BCUT2D eigenvalue weighted by atomic mass is 16.5. The first-order valence-electron chi connectivity index (χ1n) is 8.49. The van der Waals surface area contributed by atoms with E-state index in [1.807, 2.05) is 12.3 Å². The number of nitrogens with one attached hydrogen (secondary N) is 1. The fourth-order valence-electron chi connectivity index (χ4n) is 3.20. The van der Waals surface area contributed by atoms with Crippen LogP contribution in [-0.2, 0) is 0 Å². The molecule has 0 fully saturated rings. The van der Waals surface area contributed by atoms with Crippen molar-refractivity contribution in [1.29, 1.82) is 0 Å². The summed E-state index contributed by atoms with van der Waals surface area (Å²) < 4.78 is 5.84. The molecule has 1 aliphatic rings. The third-order valence-electron chi connectivity index (χ3n) is 4.60. The van der Waals surface area contributed by atoms with E-state index in [1.54, 1.807) is 7.11 Å². The first kappa shape index (κ1) is 16.4. The molecule has 1 heterocycles. The maximum Gasteiger partial charge on any atom is 0.132 e. The Balaban J connectivity index is 2.08. The number of hydrogen-bond donors (Lipinski definition) is 1. The van der Waals surface area contributed by atoms with E-state index in [4.69, 9.17) is 4.74 Å². The molecule has 1 aliphatic heterocycles. The molecule has 2 nitrogen and oxygen atoms in total. The lowest BCUT2D eigenvalue weighted by atomic mass is 9.92. The van der Waals surface area contributed by atoms with Crippen molar-refractivity contribution < 1.29 is 4.74 Å². The monoisotopic (exact) mass is 319 g/mol. The van der Waals surface area contributed by atoms with Crippen molar-refractivity contribution >= 4 is 0 Å². The molecule has 24 heavy (non-hydrogen) atoms. The summed E-state index contributed by atoms with van der Waals surface area (Å²) in [7, 11) is 1.76. The van der Waals surface area contributed by atoms with Crippen molar-refractivity contribution in [2.45, 2.75) is 32.7 Å². The molecule has 3 rings (SSSR count). The van der Waals surface area contributed by atoms with Crippen molar-refractivity contribution in [2.75, 3.05) is 7.11 Å². The third kappa shape index (κ3) is 3.09. The summed E-state index contributed by atoms with van der Waals surface area (Å²) in [6.45, 7) is 6.57. The van der Waals surface area contributed by atoms with Gasteiger partial charge in [-0.1, -0.05) is 62.4 Å². The number of benzene rings is 2. The van der Waals surface area contributed by atoms with Crippen molar-refractivity contribution in [3.8, 4) is 16.9 Å². The topological polar surface area (TPSA) is 21.3 Å². The minimum absolute atomic E-state index is 0.139. The zero-order valence-electron chi connectivity index (χ0n) is 14.8. The molecule has 0 saturated carbocycles. The molecular formula is C22H25NO.